The Hall–Kier alpha value is -2.56. The predicted octanol–water partition coefficient (Wildman–Crippen LogP) is 4.05. The van der Waals surface area contributed by atoms with E-state index in [0.29, 0.717) is 11.4 Å². The molecule has 0 saturated heterocycles. The first-order valence-corrected chi connectivity index (χ1v) is 6.23. The molecule has 0 atom stereocenters. The number of hydrogen-bond donors (Lipinski definition) is 1. The van der Waals surface area contributed by atoms with Gasteiger partial charge in [0.15, 0.2) is 0 Å². The Morgan fingerprint density at radius 3 is 2.50 bits per heavy atom. The number of nitrogens with zero attached hydrogens (tertiary/aromatic N) is 1. The molecular weight excluding hydrogens is 256 g/mol. The second-order valence-electron chi connectivity index (χ2n) is 4.51. The van der Waals surface area contributed by atoms with Crippen LogP contribution in [0, 0.1) is 24.0 Å². The fourth-order valence-electron chi connectivity index (χ4n) is 1.90. The molecule has 0 radical (unpaired) electrons. The zero-order valence-corrected chi connectivity index (χ0v) is 11.6. The van der Waals surface area contributed by atoms with Crippen molar-refractivity contribution in [2.24, 2.45) is 0 Å². The van der Waals surface area contributed by atoms with E-state index in [0.717, 1.165) is 11.1 Å². The fourth-order valence-corrected chi connectivity index (χ4v) is 1.90. The lowest BCUT2D eigenvalue weighted by Crippen LogP contribution is -1.99. The first kappa shape index (κ1) is 13.9. The summed E-state index contributed by atoms with van der Waals surface area (Å²) in [6.07, 6.45) is 0. The molecule has 0 amide bonds. The predicted molar refractivity (Wildman–Crippen MR) is 78.6 cm³/mol. The summed E-state index contributed by atoms with van der Waals surface area (Å²) in [5.74, 6) is 0.814. The van der Waals surface area contributed by atoms with Gasteiger partial charge in [0.2, 0.25) is 5.75 Å². The maximum absolute atomic E-state index is 11.2. The minimum atomic E-state index is -0.442. The van der Waals surface area contributed by atoms with E-state index in [4.69, 9.17) is 4.74 Å². The van der Waals surface area contributed by atoms with E-state index < -0.39 is 4.92 Å². The van der Waals surface area contributed by atoms with Crippen LogP contribution in [-0.4, -0.2) is 12.0 Å². The van der Waals surface area contributed by atoms with Crippen LogP contribution in [0.25, 0.3) is 0 Å². The van der Waals surface area contributed by atoms with Crippen molar-refractivity contribution in [1.29, 1.82) is 0 Å². The van der Waals surface area contributed by atoms with Crippen LogP contribution < -0.4 is 10.1 Å². The van der Waals surface area contributed by atoms with Crippen molar-refractivity contribution < 1.29 is 9.66 Å². The molecule has 104 valence electrons. The number of benzene rings is 2. The molecule has 0 aliphatic rings. The highest BCUT2D eigenvalue weighted by molar-refractivity contribution is 5.68. The average molecular weight is 272 g/mol. The molecule has 0 aliphatic carbocycles. The standard InChI is InChI=1S/C15H16N2O3/c1-10-7-8-12(9-11(10)2)20-14-6-4-5-13(16-3)15(14)17(18)19/h4-9,16H,1-3H3. The van der Waals surface area contributed by atoms with Crippen molar-refractivity contribution in [2.45, 2.75) is 13.8 Å². The minimum Gasteiger partial charge on any atom is -0.450 e. The molecule has 2 rings (SSSR count). The van der Waals surface area contributed by atoms with Crippen LogP contribution in [0.4, 0.5) is 11.4 Å². The molecule has 5 nitrogen and oxygen atoms in total. The Balaban J connectivity index is 2.42. The van der Waals surface area contributed by atoms with E-state index in [-0.39, 0.29) is 11.4 Å². The summed E-state index contributed by atoms with van der Waals surface area (Å²) in [6.45, 7) is 3.98. The number of anilines is 1. The lowest BCUT2D eigenvalue weighted by Gasteiger charge is -2.10. The largest absolute Gasteiger partial charge is 0.450 e. The monoisotopic (exact) mass is 272 g/mol. The van der Waals surface area contributed by atoms with E-state index in [1.807, 2.05) is 26.0 Å². The maximum atomic E-state index is 11.2. The smallest absolute Gasteiger partial charge is 0.334 e. The molecule has 0 bridgehead atoms. The van der Waals surface area contributed by atoms with Crippen LogP contribution in [0.15, 0.2) is 36.4 Å². The maximum Gasteiger partial charge on any atom is 0.334 e. The SMILES string of the molecule is CNc1cccc(Oc2ccc(C)c(C)c2)c1[N+](=O)[O-]. The van der Waals surface area contributed by atoms with Gasteiger partial charge in [-0.15, -0.1) is 0 Å². The van der Waals surface area contributed by atoms with Crippen molar-refractivity contribution in [3.63, 3.8) is 0 Å². The molecule has 0 aromatic heterocycles. The molecule has 0 aliphatic heterocycles. The highest BCUT2D eigenvalue weighted by Crippen LogP contribution is 2.37. The molecule has 20 heavy (non-hydrogen) atoms. The molecule has 2 aromatic rings. The van der Waals surface area contributed by atoms with Crippen LogP contribution in [-0.2, 0) is 0 Å². The Kier molecular flexibility index (Phi) is 3.89. The summed E-state index contributed by atoms with van der Waals surface area (Å²) < 4.78 is 5.67. The first-order chi connectivity index (χ1) is 9.52. The van der Waals surface area contributed by atoms with E-state index >= 15 is 0 Å². The summed E-state index contributed by atoms with van der Waals surface area (Å²) in [5, 5.41) is 14.0. The Bertz CT molecular complexity index is 654. The molecule has 0 spiro atoms. The van der Waals surface area contributed by atoms with Crippen molar-refractivity contribution in [1.82, 2.24) is 0 Å². The Labute approximate surface area is 117 Å². The van der Waals surface area contributed by atoms with Gasteiger partial charge in [0.25, 0.3) is 0 Å². The second-order valence-corrected chi connectivity index (χ2v) is 4.51. The van der Waals surface area contributed by atoms with Crippen LogP contribution in [0.2, 0.25) is 0 Å². The zero-order chi connectivity index (χ0) is 14.7. The van der Waals surface area contributed by atoms with Gasteiger partial charge in [-0.25, -0.2) is 0 Å². The number of ether oxygens (including phenoxy) is 1. The third kappa shape index (κ3) is 2.71. The number of aryl methyl sites for hydroxylation is 2. The number of para-hydroxylation sites is 1. The lowest BCUT2D eigenvalue weighted by atomic mass is 10.1. The van der Waals surface area contributed by atoms with E-state index in [1.165, 1.54) is 0 Å². The number of rotatable bonds is 4. The van der Waals surface area contributed by atoms with E-state index in [9.17, 15) is 10.1 Å². The summed E-state index contributed by atoms with van der Waals surface area (Å²) in [7, 11) is 1.64. The van der Waals surface area contributed by atoms with Crippen LogP contribution >= 0.6 is 0 Å². The highest BCUT2D eigenvalue weighted by atomic mass is 16.6. The van der Waals surface area contributed by atoms with E-state index in [2.05, 4.69) is 5.32 Å². The number of nitro benzene ring substituents is 1. The van der Waals surface area contributed by atoms with Gasteiger partial charge in [-0.1, -0.05) is 12.1 Å². The first-order valence-electron chi connectivity index (χ1n) is 6.23. The van der Waals surface area contributed by atoms with Crippen molar-refractivity contribution in [3.05, 3.63) is 57.6 Å². The zero-order valence-electron chi connectivity index (χ0n) is 11.6. The van der Waals surface area contributed by atoms with Crippen LogP contribution in [0.1, 0.15) is 11.1 Å². The molecule has 5 heteroatoms. The molecule has 1 N–H and O–H groups in total. The Morgan fingerprint density at radius 1 is 1.15 bits per heavy atom. The minimum absolute atomic E-state index is 0.0618. The summed E-state index contributed by atoms with van der Waals surface area (Å²) in [5.41, 5.74) is 2.59. The van der Waals surface area contributed by atoms with Gasteiger partial charge in [0.1, 0.15) is 11.4 Å². The Morgan fingerprint density at radius 2 is 1.90 bits per heavy atom. The van der Waals surface area contributed by atoms with Gasteiger partial charge in [0, 0.05) is 7.05 Å². The summed E-state index contributed by atoms with van der Waals surface area (Å²) in [6, 6.07) is 10.6. The van der Waals surface area contributed by atoms with Crippen molar-refractivity contribution in [2.75, 3.05) is 12.4 Å². The number of nitro groups is 1. The van der Waals surface area contributed by atoms with Crippen LogP contribution in [0.5, 0.6) is 11.5 Å². The highest BCUT2D eigenvalue weighted by Gasteiger charge is 2.20. The van der Waals surface area contributed by atoms with Crippen molar-refractivity contribution in [3.8, 4) is 11.5 Å². The number of nitrogens with one attached hydrogen (secondary N) is 1. The second kappa shape index (κ2) is 5.61. The quantitative estimate of drug-likeness (QED) is 0.673. The normalized spacial score (nSPS) is 10.2. The number of hydrogen-bond acceptors (Lipinski definition) is 4. The molecule has 0 unspecified atom stereocenters. The van der Waals surface area contributed by atoms with E-state index in [1.54, 1.807) is 31.3 Å². The van der Waals surface area contributed by atoms with Gasteiger partial charge in [0.05, 0.1) is 4.92 Å². The third-order valence-corrected chi connectivity index (χ3v) is 3.16. The molecule has 0 saturated carbocycles. The molecule has 0 fully saturated rings. The molecule has 0 heterocycles. The lowest BCUT2D eigenvalue weighted by molar-refractivity contribution is -0.384. The third-order valence-electron chi connectivity index (χ3n) is 3.16. The van der Waals surface area contributed by atoms with Gasteiger partial charge < -0.3 is 10.1 Å². The van der Waals surface area contributed by atoms with Gasteiger partial charge in [-0.3, -0.25) is 10.1 Å². The summed E-state index contributed by atoms with van der Waals surface area (Å²) >= 11 is 0. The van der Waals surface area contributed by atoms with Gasteiger partial charge in [-0.05, 0) is 49.2 Å². The van der Waals surface area contributed by atoms with Gasteiger partial charge in [-0.2, -0.15) is 0 Å². The van der Waals surface area contributed by atoms with Crippen LogP contribution in [0.3, 0.4) is 0 Å². The van der Waals surface area contributed by atoms with Crippen molar-refractivity contribution >= 4 is 11.4 Å². The van der Waals surface area contributed by atoms with Gasteiger partial charge >= 0.3 is 5.69 Å². The molecule has 2 aromatic carbocycles. The molecular formula is C15H16N2O3. The average Bonchev–Trinajstić information content (AvgIpc) is 2.42. The fraction of sp³-hybridized carbons (Fsp3) is 0.200. The topological polar surface area (TPSA) is 64.4 Å². The summed E-state index contributed by atoms with van der Waals surface area (Å²) in [4.78, 5) is 10.8.